The Balaban J connectivity index is 1.83. The molecular weight excluding hydrogens is 444 g/mol. The molecule has 0 spiro atoms. The summed E-state index contributed by atoms with van der Waals surface area (Å²) in [4.78, 5) is 14.8. The average Bonchev–Trinajstić information content (AvgIpc) is 2.77. The number of fused-ring (bicyclic) bond motifs is 1. The van der Waals surface area contributed by atoms with E-state index in [9.17, 15) is 31.1 Å². The second kappa shape index (κ2) is 8.24. The standard InChI is InChI=1S/C25H19F6NO/c1-15-6-8-17(9-7-15)22-21-5-3-2-4-16(21)10-11-32(22)23(33)18-12-19(24(26,27)28)14-20(13-18)25(29,30)31/h2-9,12-14,22H,10-11H2,1H3/t22-/m1/s1. The summed E-state index contributed by atoms with van der Waals surface area (Å²) >= 11 is 0. The van der Waals surface area contributed by atoms with Gasteiger partial charge in [-0.3, -0.25) is 4.79 Å². The maximum absolute atomic E-state index is 13.4. The van der Waals surface area contributed by atoms with Gasteiger partial charge in [0.15, 0.2) is 0 Å². The van der Waals surface area contributed by atoms with Gasteiger partial charge in [0.25, 0.3) is 5.91 Å². The van der Waals surface area contributed by atoms with E-state index in [1.165, 1.54) is 4.90 Å². The van der Waals surface area contributed by atoms with Crippen molar-refractivity contribution in [3.63, 3.8) is 0 Å². The van der Waals surface area contributed by atoms with Gasteiger partial charge in [0, 0.05) is 12.1 Å². The molecule has 1 aliphatic heterocycles. The fraction of sp³-hybridized carbons (Fsp3) is 0.240. The van der Waals surface area contributed by atoms with Crippen LogP contribution in [0.25, 0.3) is 0 Å². The fourth-order valence-corrected chi connectivity index (χ4v) is 4.14. The highest BCUT2D eigenvalue weighted by atomic mass is 19.4. The van der Waals surface area contributed by atoms with Gasteiger partial charge in [-0.1, -0.05) is 54.1 Å². The number of hydrogen-bond donors (Lipinski definition) is 0. The lowest BCUT2D eigenvalue weighted by atomic mass is 9.87. The van der Waals surface area contributed by atoms with Crippen molar-refractivity contribution in [2.45, 2.75) is 31.7 Å². The van der Waals surface area contributed by atoms with Crippen LogP contribution in [-0.4, -0.2) is 17.4 Å². The fourth-order valence-electron chi connectivity index (χ4n) is 4.14. The molecule has 0 aromatic heterocycles. The Morgan fingerprint density at radius 2 is 1.42 bits per heavy atom. The van der Waals surface area contributed by atoms with E-state index in [1.54, 1.807) is 6.07 Å². The third kappa shape index (κ3) is 4.60. The third-order valence-electron chi connectivity index (χ3n) is 5.77. The Morgan fingerprint density at radius 3 is 2.00 bits per heavy atom. The molecule has 1 heterocycles. The van der Waals surface area contributed by atoms with E-state index >= 15 is 0 Å². The summed E-state index contributed by atoms with van der Waals surface area (Å²) in [5.41, 5.74) is -0.183. The number of carbonyl (C=O) groups is 1. The van der Waals surface area contributed by atoms with Crippen LogP contribution in [0.4, 0.5) is 26.3 Å². The van der Waals surface area contributed by atoms with Crippen LogP contribution >= 0.6 is 0 Å². The first kappa shape index (κ1) is 22.9. The Labute approximate surface area is 186 Å². The zero-order valence-corrected chi connectivity index (χ0v) is 17.5. The van der Waals surface area contributed by atoms with E-state index < -0.39 is 41.0 Å². The lowest BCUT2D eigenvalue weighted by Gasteiger charge is -2.38. The van der Waals surface area contributed by atoms with Crippen molar-refractivity contribution in [1.29, 1.82) is 0 Å². The summed E-state index contributed by atoms with van der Waals surface area (Å²) in [6.45, 7) is 2.05. The summed E-state index contributed by atoms with van der Waals surface area (Å²) < 4.78 is 80.0. The normalized spacial score (nSPS) is 16.5. The lowest BCUT2D eigenvalue weighted by molar-refractivity contribution is -0.143. The number of rotatable bonds is 2. The lowest BCUT2D eigenvalue weighted by Crippen LogP contribution is -2.40. The first-order valence-electron chi connectivity index (χ1n) is 10.2. The molecule has 0 saturated heterocycles. The molecule has 33 heavy (non-hydrogen) atoms. The summed E-state index contributed by atoms with van der Waals surface area (Å²) in [5.74, 6) is -0.883. The maximum atomic E-state index is 13.4. The first-order chi connectivity index (χ1) is 15.4. The van der Waals surface area contributed by atoms with E-state index in [2.05, 4.69) is 0 Å². The number of alkyl halides is 6. The number of carbonyl (C=O) groups excluding carboxylic acids is 1. The van der Waals surface area contributed by atoms with Crippen LogP contribution in [0.15, 0.2) is 66.7 Å². The summed E-state index contributed by atoms with van der Waals surface area (Å²) in [6.07, 6.45) is -9.61. The average molecular weight is 463 g/mol. The molecule has 1 amide bonds. The molecule has 0 unspecified atom stereocenters. The summed E-state index contributed by atoms with van der Waals surface area (Å²) in [6, 6.07) is 15.1. The topological polar surface area (TPSA) is 20.3 Å². The molecule has 0 fully saturated rings. The minimum Gasteiger partial charge on any atom is -0.327 e. The van der Waals surface area contributed by atoms with Crippen LogP contribution in [0.1, 0.15) is 49.8 Å². The van der Waals surface area contributed by atoms with Crippen LogP contribution in [0.3, 0.4) is 0 Å². The van der Waals surface area contributed by atoms with Crippen molar-refractivity contribution < 1.29 is 31.1 Å². The molecule has 1 aliphatic rings. The van der Waals surface area contributed by atoms with Gasteiger partial charge in [-0.15, -0.1) is 0 Å². The monoisotopic (exact) mass is 463 g/mol. The van der Waals surface area contributed by atoms with Crippen LogP contribution in [0, 0.1) is 6.92 Å². The van der Waals surface area contributed by atoms with Crippen molar-refractivity contribution in [2.24, 2.45) is 0 Å². The largest absolute Gasteiger partial charge is 0.416 e. The van der Waals surface area contributed by atoms with Gasteiger partial charge in [0.05, 0.1) is 17.2 Å². The Bertz CT molecular complexity index is 1150. The molecule has 0 radical (unpaired) electrons. The number of nitrogens with zero attached hydrogens (tertiary/aromatic N) is 1. The van der Waals surface area contributed by atoms with Gasteiger partial charge in [-0.25, -0.2) is 0 Å². The number of hydrogen-bond acceptors (Lipinski definition) is 1. The number of benzene rings is 3. The van der Waals surface area contributed by atoms with Gasteiger partial charge in [0.2, 0.25) is 0 Å². The van der Waals surface area contributed by atoms with E-state index in [0.717, 1.165) is 22.3 Å². The van der Waals surface area contributed by atoms with Crippen LogP contribution in [-0.2, 0) is 18.8 Å². The molecule has 3 aromatic carbocycles. The molecule has 0 bridgehead atoms. The van der Waals surface area contributed by atoms with Crippen molar-refractivity contribution in [3.8, 4) is 0 Å². The highest BCUT2D eigenvalue weighted by Gasteiger charge is 2.39. The third-order valence-corrected chi connectivity index (χ3v) is 5.77. The second-order valence-electron chi connectivity index (χ2n) is 8.06. The predicted octanol–water partition coefficient (Wildman–Crippen LogP) is 6.82. The zero-order valence-electron chi connectivity index (χ0n) is 17.5. The zero-order chi connectivity index (χ0) is 24.0. The number of halogens is 6. The molecule has 0 saturated carbocycles. The molecule has 3 aromatic rings. The molecule has 2 nitrogen and oxygen atoms in total. The Hall–Kier alpha value is -3.29. The Morgan fingerprint density at radius 1 is 0.848 bits per heavy atom. The minimum atomic E-state index is -5.03. The molecule has 0 N–H and O–H groups in total. The SMILES string of the molecule is Cc1ccc([C@@H]2c3ccccc3CCN2C(=O)c2cc(C(F)(F)F)cc(C(F)(F)F)c2)cc1. The van der Waals surface area contributed by atoms with Crippen molar-refractivity contribution in [3.05, 3.63) is 106 Å². The number of amides is 1. The number of aryl methyl sites for hydroxylation is 1. The Kier molecular flexibility index (Phi) is 5.72. The first-order valence-corrected chi connectivity index (χ1v) is 10.2. The summed E-state index contributed by atoms with van der Waals surface area (Å²) in [7, 11) is 0. The smallest absolute Gasteiger partial charge is 0.327 e. The molecule has 0 aliphatic carbocycles. The minimum absolute atomic E-state index is 0.0275. The quantitative estimate of drug-likeness (QED) is 0.382. The van der Waals surface area contributed by atoms with E-state index in [-0.39, 0.29) is 12.6 Å². The van der Waals surface area contributed by atoms with Crippen LogP contribution in [0.2, 0.25) is 0 Å². The molecule has 8 heteroatoms. The maximum Gasteiger partial charge on any atom is 0.416 e. The van der Waals surface area contributed by atoms with Crippen molar-refractivity contribution >= 4 is 5.91 Å². The molecule has 172 valence electrons. The molecule has 1 atom stereocenters. The molecule has 4 rings (SSSR count). The highest BCUT2D eigenvalue weighted by Crippen LogP contribution is 2.39. The van der Waals surface area contributed by atoms with Crippen LogP contribution < -0.4 is 0 Å². The van der Waals surface area contributed by atoms with E-state index in [1.807, 2.05) is 49.4 Å². The van der Waals surface area contributed by atoms with Gasteiger partial charge in [0.1, 0.15) is 0 Å². The van der Waals surface area contributed by atoms with Gasteiger partial charge in [-0.05, 0) is 48.2 Å². The van der Waals surface area contributed by atoms with Gasteiger partial charge >= 0.3 is 12.4 Å². The molecular formula is C25H19F6NO. The second-order valence-corrected chi connectivity index (χ2v) is 8.06. The summed E-state index contributed by atoms with van der Waals surface area (Å²) in [5, 5.41) is 0. The van der Waals surface area contributed by atoms with Gasteiger partial charge < -0.3 is 4.90 Å². The van der Waals surface area contributed by atoms with Crippen LogP contribution in [0.5, 0.6) is 0 Å². The van der Waals surface area contributed by atoms with E-state index in [4.69, 9.17) is 0 Å². The van der Waals surface area contributed by atoms with E-state index in [0.29, 0.717) is 18.6 Å². The highest BCUT2D eigenvalue weighted by molar-refractivity contribution is 5.95. The predicted molar refractivity (Wildman–Crippen MR) is 111 cm³/mol. The van der Waals surface area contributed by atoms with Crippen molar-refractivity contribution in [1.82, 2.24) is 4.90 Å². The van der Waals surface area contributed by atoms with Crippen molar-refractivity contribution in [2.75, 3.05) is 6.54 Å². The van der Waals surface area contributed by atoms with Gasteiger partial charge in [-0.2, -0.15) is 26.3 Å².